The average Bonchev–Trinajstić information content (AvgIpc) is 2.54. The number of pyridine rings is 1. The Kier molecular flexibility index (Phi) is 3.81. The van der Waals surface area contributed by atoms with Crippen molar-refractivity contribution in [2.45, 2.75) is 6.18 Å². The van der Waals surface area contributed by atoms with E-state index < -0.39 is 11.7 Å². The van der Waals surface area contributed by atoms with Gasteiger partial charge < -0.3 is 4.74 Å². The summed E-state index contributed by atoms with van der Waals surface area (Å²) in [5.41, 5.74) is -0.0377. The highest BCUT2D eigenvalue weighted by Gasteiger charge is 2.31. The largest absolute Gasteiger partial charge is 0.496 e. The van der Waals surface area contributed by atoms with E-state index in [0.717, 1.165) is 12.1 Å². The first-order valence-corrected chi connectivity index (χ1v) is 6.81. The van der Waals surface area contributed by atoms with Crippen LogP contribution in [0.4, 0.5) is 13.2 Å². The number of hydrogen-bond acceptors (Lipinski definition) is 4. The first-order valence-electron chi connectivity index (χ1n) is 6.43. The predicted molar refractivity (Wildman–Crippen MR) is 79.3 cm³/mol. The van der Waals surface area contributed by atoms with Gasteiger partial charge in [-0.3, -0.25) is 4.98 Å². The third-order valence-corrected chi connectivity index (χ3v) is 3.60. The fraction of sp³-hybridized carbons (Fsp3) is 0.133. The van der Waals surface area contributed by atoms with Crippen LogP contribution in [0, 0.1) is 0 Å². The molecule has 23 heavy (non-hydrogen) atoms. The summed E-state index contributed by atoms with van der Waals surface area (Å²) in [6.45, 7) is 0. The van der Waals surface area contributed by atoms with Gasteiger partial charge in [0.2, 0.25) is 0 Å². The Hall–Kier alpha value is -2.41. The predicted octanol–water partition coefficient (Wildman–Crippen LogP) is 4.37. The van der Waals surface area contributed by atoms with Crippen molar-refractivity contribution >= 4 is 22.4 Å². The molecule has 0 fully saturated rings. The summed E-state index contributed by atoms with van der Waals surface area (Å²) < 4.78 is 43.6. The highest BCUT2D eigenvalue weighted by atomic mass is 35.5. The first-order chi connectivity index (χ1) is 10.9. The lowest BCUT2D eigenvalue weighted by Crippen LogP contribution is -2.05. The Morgan fingerprint density at radius 1 is 1.09 bits per heavy atom. The molecule has 0 saturated carbocycles. The third kappa shape index (κ3) is 2.79. The normalized spacial score (nSPS) is 11.7. The number of methoxy groups -OCH3 is 1. The fourth-order valence-electron chi connectivity index (χ4n) is 2.23. The van der Waals surface area contributed by atoms with Crippen LogP contribution in [0.2, 0.25) is 5.15 Å². The SMILES string of the molecule is COc1cc(C(F)(F)F)ccc1-c1nnc(Cl)c2cnccc12. The van der Waals surface area contributed by atoms with Crippen molar-refractivity contribution in [2.24, 2.45) is 0 Å². The van der Waals surface area contributed by atoms with E-state index in [9.17, 15) is 13.2 Å². The molecule has 0 aliphatic carbocycles. The Labute approximate surface area is 133 Å². The van der Waals surface area contributed by atoms with E-state index >= 15 is 0 Å². The second kappa shape index (κ2) is 5.66. The first kappa shape index (κ1) is 15.5. The van der Waals surface area contributed by atoms with Crippen molar-refractivity contribution in [3.05, 3.63) is 47.4 Å². The quantitative estimate of drug-likeness (QED) is 0.695. The van der Waals surface area contributed by atoms with Gasteiger partial charge in [-0.05, 0) is 24.3 Å². The number of ether oxygens (including phenoxy) is 1. The third-order valence-electron chi connectivity index (χ3n) is 3.32. The molecule has 0 N–H and O–H groups in total. The van der Waals surface area contributed by atoms with Crippen molar-refractivity contribution in [1.82, 2.24) is 15.2 Å². The van der Waals surface area contributed by atoms with Crippen LogP contribution in [0.5, 0.6) is 5.75 Å². The van der Waals surface area contributed by atoms with Gasteiger partial charge >= 0.3 is 6.18 Å². The van der Waals surface area contributed by atoms with Crippen LogP contribution in [0.1, 0.15) is 5.56 Å². The molecule has 118 valence electrons. The number of hydrogen-bond donors (Lipinski definition) is 0. The number of alkyl halides is 3. The van der Waals surface area contributed by atoms with Crippen LogP contribution in [0.15, 0.2) is 36.7 Å². The zero-order valence-electron chi connectivity index (χ0n) is 11.7. The van der Waals surface area contributed by atoms with E-state index in [1.54, 1.807) is 12.3 Å². The summed E-state index contributed by atoms with van der Waals surface area (Å²) in [4.78, 5) is 3.97. The van der Waals surface area contributed by atoms with Gasteiger partial charge in [0.25, 0.3) is 0 Å². The van der Waals surface area contributed by atoms with Crippen molar-refractivity contribution in [3.63, 3.8) is 0 Å². The van der Waals surface area contributed by atoms with Gasteiger partial charge in [-0.15, -0.1) is 10.2 Å². The molecular formula is C15H9ClF3N3O. The lowest BCUT2D eigenvalue weighted by Gasteiger charge is -2.13. The van der Waals surface area contributed by atoms with Crippen molar-refractivity contribution in [2.75, 3.05) is 7.11 Å². The van der Waals surface area contributed by atoms with Crippen molar-refractivity contribution in [1.29, 1.82) is 0 Å². The van der Waals surface area contributed by atoms with E-state index in [0.29, 0.717) is 22.0 Å². The maximum atomic E-state index is 12.8. The topological polar surface area (TPSA) is 47.9 Å². The summed E-state index contributed by atoms with van der Waals surface area (Å²) in [6, 6.07) is 4.88. The van der Waals surface area contributed by atoms with E-state index in [1.807, 2.05) is 0 Å². The maximum absolute atomic E-state index is 12.8. The van der Waals surface area contributed by atoms with Gasteiger partial charge in [-0.1, -0.05) is 11.6 Å². The molecule has 0 aliphatic heterocycles. The molecule has 0 aliphatic rings. The molecule has 3 rings (SSSR count). The van der Waals surface area contributed by atoms with Gasteiger partial charge in [-0.25, -0.2) is 0 Å². The lowest BCUT2D eigenvalue weighted by atomic mass is 10.0. The number of fused-ring (bicyclic) bond motifs is 1. The van der Waals surface area contributed by atoms with Gasteiger partial charge in [0.05, 0.1) is 12.7 Å². The van der Waals surface area contributed by atoms with E-state index in [4.69, 9.17) is 16.3 Å². The molecule has 2 aromatic heterocycles. The van der Waals surface area contributed by atoms with E-state index in [1.165, 1.54) is 19.4 Å². The smallest absolute Gasteiger partial charge is 0.416 e. The van der Waals surface area contributed by atoms with Crippen molar-refractivity contribution < 1.29 is 17.9 Å². The minimum Gasteiger partial charge on any atom is -0.496 e. The molecule has 1 aromatic carbocycles. The number of benzene rings is 1. The van der Waals surface area contributed by atoms with Crippen LogP contribution in [0.25, 0.3) is 22.0 Å². The van der Waals surface area contributed by atoms with Gasteiger partial charge in [0.1, 0.15) is 11.4 Å². The van der Waals surface area contributed by atoms with E-state index in [2.05, 4.69) is 15.2 Å². The van der Waals surface area contributed by atoms with E-state index in [-0.39, 0.29) is 10.9 Å². The van der Waals surface area contributed by atoms with Gasteiger partial charge in [0, 0.05) is 28.7 Å². The second-order valence-corrected chi connectivity index (χ2v) is 5.03. The van der Waals surface area contributed by atoms with Gasteiger partial charge in [-0.2, -0.15) is 13.2 Å². The summed E-state index contributed by atoms with van der Waals surface area (Å²) in [7, 11) is 1.30. The highest BCUT2D eigenvalue weighted by Crippen LogP contribution is 2.38. The standard InChI is InChI=1S/C15H9ClF3N3O/c1-23-12-6-8(15(17,18)19)2-3-10(12)13-9-4-5-20-7-11(9)14(16)22-21-13/h2-7H,1H3. The number of rotatable bonds is 2. The summed E-state index contributed by atoms with van der Waals surface area (Å²) in [6.07, 6.45) is -1.39. The Balaban J connectivity index is 2.25. The van der Waals surface area contributed by atoms with Crippen LogP contribution in [0.3, 0.4) is 0 Å². The molecule has 3 aromatic rings. The monoisotopic (exact) mass is 339 g/mol. The highest BCUT2D eigenvalue weighted by molar-refractivity contribution is 6.34. The number of halogens is 4. The lowest BCUT2D eigenvalue weighted by molar-refractivity contribution is -0.137. The minimum absolute atomic E-state index is 0.0505. The van der Waals surface area contributed by atoms with Crippen LogP contribution < -0.4 is 4.74 Å². The number of nitrogens with zero attached hydrogens (tertiary/aromatic N) is 3. The van der Waals surface area contributed by atoms with Crippen LogP contribution in [-0.2, 0) is 6.18 Å². The fourth-order valence-corrected chi connectivity index (χ4v) is 2.42. The molecule has 0 unspecified atom stereocenters. The molecule has 0 spiro atoms. The molecule has 0 saturated heterocycles. The van der Waals surface area contributed by atoms with Crippen molar-refractivity contribution in [3.8, 4) is 17.0 Å². The molecule has 0 radical (unpaired) electrons. The summed E-state index contributed by atoms with van der Waals surface area (Å²) in [5.74, 6) is 0.0505. The van der Waals surface area contributed by atoms with Crippen LogP contribution >= 0.6 is 11.6 Å². The van der Waals surface area contributed by atoms with Crippen LogP contribution in [-0.4, -0.2) is 22.3 Å². The maximum Gasteiger partial charge on any atom is 0.416 e. The Bertz CT molecular complexity index is 883. The zero-order chi connectivity index (χ0) is 16.6. The molecule has 0 amide bonds. The Morgan fingerprint density at radius 2 is 1.87 bits per heavy atom. The molecule has 0 atom stereocenters. The Morgan fingerprint density at radius 3 is 2.57 bits per heavy atom. The summed E-state index contributed by atoms with van der Waals surface area (Å²) in [5, 5.41) is 9.18. The molecule has 2 heterocycles. The molecular weight excluding hydrogens is 331 g/mol. The zero-order valence-corrected chi connectivity index (χ0v) is 12.5. The molecule has 8 heteroatoms. The second-order valence-electron chi connectivity index (χ2n) is 4.67. The van der Waals surface area contributed by atoms with Gasteiger partial charge in [0.15, 0.2) is 5.15 Å². The number of aromatic nitrogens is 3. The average molecular weight is 340 g/mol. The summed E-state index contributed by atoms with van der Waals surface area (Å²) >= 11 is 5.98. The molecule has 0 bridgehead atoms. The molecule has 4 nitrogen and oxygen atoms in total. The minimum atomic E-state index is -4.45.